The molecular weight excluding hydrogens is 236 g/mol. The quantitative estimate of drug-likeness (QED) is 0.823. The molecule has 0 amide bonds. The number of aromatic nitrogens is 1. The Balaban J connectivity index is 3.22. The second-order valence-electron chi connectivity index (χ2n) is 2.98. The third kappa shape index (κ3) is 2.80. The highest BCUT2D eigenvalue weighted by Gasteiger charge is 2.23. The normalized spacial score (nSPS) is 10.4. The van der Waals surface area contributed by atoms with E-state index >= 15 is 0 Å². The Morgan fingerprint density at radius 3 is 2.71 bits per heavy atom. The van der Waals surface area contributed by atoms with Gasteiger partial charge in [-0.05, 0) is 13.0 Å². The minimum Gasteiger partial charge on any atom is -0.505 e. The molecule has 5 nitrogen and oxygen atoms in total. The molecule has 0 saturated heterocycles. The summed E-state index contributed by atoms with van der Waals surface area (Å²) in [5.41, 5.74) is -1.04. The molecule has 0 aliphatic rings. The minimum absolute atomic E-state index is 0.0822. The molecule has 1 aromatic heterocycles. The number of carbonyl (C=O) groups is 1. The van der Waals surface area contributed by atoms with E-state index in [1.54, 1.807) is 6.92 Å². The molecule has 1 N–H and O–H groups in total. The molecule has 0 radical (unpaired) electrons. The Bertz CT molecular complexity index is 423. The summed E-state index contributed by atoms with van der Waals surface area (Å²) in [6.07, 6.45) is -2.86. The summed E-state index contributed by atoms with van der Waals surface area (Å²) in [6, 6.07) is 0.739. The van der Waals surface area contributed by atoms with Gasteiger partial charge >= 0.3 is 5.97 Å². The molecule has 0 spiro atoms. The van der Waals surface area contributed by atoms with Gasteiger partial charge in [-0.2, -0.15) is 0 Å². The molecule has 0 aromatic carbocycles. The number of esters is 1. The second kappa shape index (κ2) is 5.42. The molecule has 94 valence electrons. The number of halogens is 2. The van der Waals surface area contributed by atoms with Crippen molar-refractivity contribution in [3.05, 3.63) is 17.3 Å². The van der Waals surface area contributed by atoms with Gasteiger partial charge in [0.05, 0.1) is 19.3 Å². The first-order valence-corrected chi connectivity index (χ1v) is 4.74. The van der Waals surface area contributed by atoms with Gasteiger partial charge in [-0.25, -0.2) is 18.6 Å². The van der Waals surface area contributed by atoms with Crippen molar-refractivity contribution in [3.63, 3.8) is 0 Å². The highest BCUT2D eigenvalue weighted by molar-refractivity contribution is 5.90. The molecule has 0 aliphatic carbocycles. The summed E-state index contributed by atoms with van der Waals surface area (Å²) in [6.45, 7) is 1.65. The van der Waals surface area contributed by atoms with Crippen molar-refractivity contribution in [1.29, 1.82) is 0 Å². The monoisotopic (exact) mass is 247 g/mol. The number of hydrogen-bond acceptors (Lipinski definition) is 5. The van der Waals surface area contributed by atoms with E-state index in [2.05, 4.69) is 14.5 Å². The van der Waals surface area contributed by atoms with E-state index in [0.717, 1.165) is 13.2 Å². The summed E-state index contributed by atoms with van der Waals surface area (Å²) in [5.74, 6) is -1.98. The number of pyridine rings is 1. The molecule has 0 saturated carbocycles. The summed E-state index contributed by atoms with van der Waals surface area (Å²) in [7, 11) is 1.14. The number of nitrogens with zero attached hydrogens (tertiary/aromatic N) is 1. The van der Waals surface area contributed by atoms with E-state index in [0.29, 0.717) is 0 Å². The van der Waals surface area contributed by atoms with Gasteiger partial charge in [0.2, 0.25) is 5.88 Å². The van der Waals surface area contributed by atoms with Crippen LogP contribution in [0.5, 0.6) is 11.6 Å². The Morgan fingerprint density at radius 2 is 2.24 bits per heavy atom. The van der Waals surface area contributed by atoms with Crippen molar-refractivity contribution in [2.75, 3.05) is 13.7 Å². The lowest BCUT2D eigenvalue weighted by Crippen LogP contribution is -2.09. The number of alkyl halides is 2. The molecule has 1 rings (SSSR count). The van der Waals surface area contributed by atoms with Gasteiger partial charge in [-0.15, -0.1) is 0 Å². The van der Waals surface area contributed by atoms with Crippen LogP contribution in [0.15, 0.2) is 6.07 Å². The summed E-state index contributed by atoms with van der Waals surface area (Å²) < 4.78 is 34.3. The fraction of sp³-hybridized carbons (Fsp3) is 0.400. The molecule has 0 unspecified atom stereocenters. The number of aromatic hydroxyl groups is 1. The summed E-state index contributed by atoms with van der Waals surface area (Å²) >= 11 is 0. The number of hydrogen-bond donors (Lipinski definition) is 1. The highest BCUT2D eigenvalue weighted by Crippen LogP contribution is 2.32. The molecule has 1 heterocycles. The van der Waals surface area contributed by atoms with Gasteiger partial charge in [0.1, 0.15) is 5.75 Å². The lowest BCUT2D eigenvalue weighted by Gasteiger charge is -2.10. The van der Waals surface area contributed by atoms with Crippen LogP contribution >= 0.6 is 0 Å². The van der Waals surface area contributed by atoms with Crippen LogP contribution in [0.4, 0.5) is 8.78 Å². The van der Waals surface area contributed by atoms with E-state index < -0.39 is 35.3 Å². The third-order valence-corrected chi connectivity index (χ3v) is 1.89. The Labute approximate surface area is 96.0 Å². The Morgan fingerprint density at radius 1 is 1.59 bits per heavy atom. The SMILES string of the molecule is CCOC(=O)c1nc(OC)c(C(F)F)cc1O. The van der Waals surface area contributed by atoms with Gasteiger partial charge in [0.25, 0.3) is 6.43 Å². The highest BCUT2D eigenvalue weighted by atomic mass is 19.3. The predicted molar refractivity (Wildman–Crippen MR) is 53.4 cm³/mol. The lowest BCUT2D eigenvalue weighted by atomic mass is 10.2. The zero-order valence-corrected chi connectivity index (χ0v) is 9.24. The van der Waals surface area contributed by atoms with E-state index in [4.69, 9.17) is 0 Å². The minimum atomic E-state index is -2.86. The van der Waals surface area contributed by atoms with E-state index in [9.17, 15) is 18.7 Å². The average molecular weight is 247 g/mol. The first-order chi connectivity index (χ1) is 8.01. The van der Waals surface area contributed by atoms with Crippen LogP contribution < -0.4 is 4.74 Å². The first kappa shape index (κ1) is 13.1. The molecule has 7 heteroatoms. The number of carbonyl (C=O) groups excluding carboxylic acids is 1. The molecule has 0 atom stereocenters. The van der Waals surface area contributed by atoms with Crippen LogP contribution in [0.1, 0.15) is 29.4 Å². The zero-order chi connectivity index (χ0) is 13.0. The predicted octanol–water partition coefficient (Wildman–Crippen LogP) is 1.91. The van der Waals surface area contributed by atoms with E-state index in [1.165, 1.54) is 0 Å². The van der Waals surface area contributed by atoms with Crippen LogP contribution in [-0.2, 0) is 4.74 Å². The maximum atomic E-state index is 12.5. The van der Waals surface area contributed by atoms with Crippen molar-refractivity contribution in [2.45, 2.75) is 13.3 Å². The largest absolute Gasteiger partial charge is 0.505 e. The van der Waals surface area contributed by atoms with Crippen LogP contribution in [-0.4, -0.2) is 29.8 Å². The fourth-order valence-electron chi connectivity index (χ4n) is 1.17. The van der Waals surface area contributed by atoms with Crippen molar-refractivity contribution >= 4 is 5.97 Å². The molecule has 17 heavy (non-hydrogen) atoms. The summed E-state index contributed by atoms with van der Waals surface area (Å²) in [5, 5.41) is 9.41. The third-order valence-electron chi connectivity index (χ3n) is 1.89. The topological polar surface area (TPSA) is 68.7 Å². The molecule has 0 fully saturated rings. The molecule has 0 aliphatic heterocycles. The van der Waals surface area contributed by atoms with Gasteiger partial charge in [-0.1, -0.05) is 0 Å². The van der Waals surface area contributed by atoms with Crippen LogP contribution in [0, 0.1) is 0 Å². The standard InChI is InChI=1S/C10H11F2NO4/c1-3-17-10(15)7-6(14)4-5(8(11)12)9(13-7)16-2/h4,8,14H,3H2,1-2H3. The number of rotatable bonds is 4. The van der Waals surface area contributed by atoms with Gasteiger partial charge in [-0.3, -0.25) is 0 Å². The maximum Gasteiger partial charge on any atom is 0.360 e. The van der Waals surface area contributed by atoms with Crippen molar-refractivity contribution in [2.24, 2.45) is 0 Å². The maximum absolute atomic E-state index is 12.5. The lowest BCUT2D eigenvalue weighted by molar-refractivity contribution is 0.0513. The second-order valence-corrected chi connectivity index (χ2v) is 2.98. The Hall–Kier alpha value is -1.92. The van der Waals surface area contributed by atoms with E-state index in [1.807, 2.05) is 0 Å². The van der Waals surface area contributed by atoms with Crippen LogP contribution in [0.2, 0.25) is 0 Å². The van der Waals surface area contributed by atoms with Crippen molar-refractivity contribution in [1.82, 2.24) is 4.98 Å². The molecular formula is C10H11F2NO4. The average Bonchev–Trinajstić information content (AvgIpc) is 2.28. The molecule has 1 aromatic rings. The van der Waals surface area contributed by atoms with Crippen LogP contribution in [0.25, 0.3) is 0 Å². The number of methoxy groups -OCH3 is 1. The summed E-state index contributed by atoms with van der Waals surface area (Å²) in [4.78, 5) is 14.8. The van der Waals surface area contributed by atoms with Gasteiger partial charge < -0.3 is 14.6 Å². The first-order valence-electron chi connectivity index (χ1n) is 4.74. The van der Waals surface area contributed by atoms with Gasteiger partial charge in [0, 0.05) is 0 Å². The van der Waals surface area contributed by atoms with Crippen molar-refractivity contribution < 1.29 is 28.2 Å². The number of ether oxygens (including phenoxy) is 2. The fourth-order valence-corrected chi connectivity index (χ4v) is 1.17. The zero-order valence-electron chi connectivity index (χ0n) is 9.24. The van der Waals surface area contributed by atoms with E-state index in [-0.39, 0.29) is 6.61 Å². The van der Waals surface area contributed by atoms with Crippen LogP contribution in [0.3, 0.4) is 0 Å². The molecule has 0 bridgehead atoms. The van der Waals surface area contributed by atoms with Crippen molar-refractivity contribution in [3.8, 4) is 11.6 Å². The smallest absolute Gasteiger partial charge is 0.360 e. The van der Waals surface area contributed by atoms with Gasteiger partial charge in [0.15, 0.2) is 5.69 Å². The Kier molecular flexibility index (Phi) is 4.19.